The van der Waals surface area contributed by atoms with Gasteiger partial charge in [0.1, 0.15) is 6.04 Å². The summed E-state index contributed by atoms with van der Waals surface area (Å²) in [6.45, 7) is 1.51. The molecule has 0 aliphatic carbocycles. The largest absolute Gasteiger partial charge is 0.480 e. The smallest absolute Gasteiger partial charge is 0.328 e. The van der Waals surface area contributed by atoms with Crippen LogP contribution < -0.4 is 5.73 Å². The van der Waals surface area contributed by atoms with Crippen LogP contribution in [-0.2, 0) is 9.59 Å². The maximum Gasteiger partial charge on any atom is 0.328 e. The molecule has 1 amide bonds. The van der Waals surface area contributed by atoms with Crippen LogP contribution in [0.1, 0.15) is 24.9 Å². The van der Waals surface area contributed by atoms with Gasteiger partial charge in [0, 0.05) is 6.20 Å². The first-order valence-electron chi connectivity index (χ1n) is 4.55. The number of carboxylic acid groups (broad SMARTS) is 1. The minimum atomic E-state index is -0.972. The molecule has 1 rings (SSSR count). The fraction of sp³-hybridized carbons (Fsp3) is 0.300. The van der Waals surface area contributed by atoms with Gasteiger partial charge in [-0.15, -0.1) is 0 Å². The lowest BCUT2D eigenvalue weighted by Gasteiger charge is -2.04. The molecule has 1 atom stereocenters. The number of hydrogen-bond acceptors (Lipinski definition) is 3. The highest BCUT2D eigenvalue weighted by atomic mass is 16.4. The summed E-state index contributed by atoms with van der Waals surface area (Å²) in [5.41, 5.74) is 5.46. The second-order valence-corrected chi connectivity index (χ2v) is 3.17. The minimum absolute atomic E-state index is 0.0281. The highest BCUT2D eigenvalue weighted by Crippen LogP contribution is 2.05. The van der Waals surface area contributed by atoms with Crippen LogP contribution in [0.5, 0.6) is 0 Å². The molecule has 0 fully saturated rings. The number of aliphatic carboxylic acids is 1. The molecule has 3 N–H and O–H groups in total. The highest BCUT2D eigenvalue weighted by Gasteiger charge is 2.13. The van der Waals surface area contributed by atoms with E-state index in [2.05, 4.69) is 16.9 Å². The number of carbonyl (C=O) groups is 2. The Bertz CT molecular complexity index is 467. The van der Waals surface area contributed by atoms with Gasteiger partial charge < -0.3 is 10.8 Å². The van der Waals surface area contributed by atoms with E-state index in [9.17, 15) is 9.59 Å². The third kappa shape index (κ3) is 3.13. The van der Waals surface area contributed by atoms with Crippen molar-refractivity contribution in [1.29, 1.82) is 0 Å². The molecule has 0 bridgehead atoms. The predicted octanol–water partition coefficient (Wildman–Crippen LogP) is -0.244. The molecular weight excluding hydrogens is 210 g/mol. The number of rotatable bonds is 3. The molecule has 6 heteroatoms. The fourth-order valence-corrected chi connectivity index (χ4v) is 0.961. The van der Waals surface area contributed by atoms with Crippen molar-refractivity contribution in [3.63, 3.8) is 0 Å². The molecule has 0 spiro atoms. The van der Waals surface area contributed by atoms with Crippen molar-refractivity contribution in [2.24, 2.45) is 5.73 Å². The molecule has 1 heterocycles. The maximum absolute atomic E-state index is 10.7. The first kappa shape index (κ1) is 11.8. The van der Waals surface area contributed by atoms with Crippen molar-refractivity contribution >= 4 is 11.9 Å². The van der Waals surface area contributed by atoms with Crippen LogP contribution in [0.3, 0.4) is 0 Å². The summed E-state index contributed by atoms with van der Waals surface area (Å²) in [5.74, 6) is 3.75. The van der Waals surface area contributed by atoms with Gasteiger partial charge >= 0.3 is 5.97 Å². The number of amides is 1. The van der Waals surface area contributed by atoms with Crippen LogP contribution >= 0.6 is 0 Å². The number of nitrogens with zero attached hydrogens (tertiary/aromatic N) is 2. The summed E-state index contributed by atoms with van der Waals surface area (Å²) in [6.07, 6.45) is 2.92. The molecule has 16 heavy (non-hydrogen) atoms. The molecule has 0 unspecified atom stereocenters. The van der Waals surface area contributed by atoms with Crippen LogP contribution in [0, 0.1) is 11.8 Å². The first-order chi connectivity index (χ1) is 7.50. The minimum Gasteiger partial charge on any atom is -0.480 e. The van der Waals surface area contributed by atoms with Crippen molar-refractivity contribution in [2.45, 2.75) is 19.4 Å². The van der Waals surface area contributed by atoms with Gasteiger partial charge in [0.25, 0.3) is 0 Å². The monoisotopic (exact) mass is 221 g/mol. The summed E-state index contributed by atoms with van der Waals surface area (Å²) in [5, 5.41) is 12.6. The zero-order valence-corrected chi connectivity index (χ0v) is 8.67. The molecule has 0 aliphatic rings. The Morgan fingerprint density at radius 3 is 2.94 bits per heavy atom. The van der Waals surface area contributed by atoms with E-state index in [1.54, 1.807) is 0 Å². The average molecular weight is 221 g/mol. The highest BCUT2D eigenvalue weighted by molar-refractivity contribution is 5.76. The molecule has 0 saturated carbocycles. The lowest BCUT2D eigenvalue weighted by Crippen LogP contribution is -2.15. The van der Waals surface area contributed by atoms with Crippen LogP contribution in [0.25, 0.3) is 0 Å². The van der Waals surface area contributed by atoms with Gasteiger partial charge in [-0.2, -0.15) is 5.10 Å². The van der Waals surface area contributed by atoms with E-state index >= 15 is 0 Å². The maximum atomic E-state index is 10.7. The van der Waals surface area contributed by atoms with Crippen LogP contribution in [-0.4, -0.2) is 26.8 Å². The molecule has 0 aromatic carbocycles. The SMILES string of the molecule is C[C@@H](C(=O)O)n1cc(C#CCC(N)=O)cn1. The third-order valence-corrected chi connectivity index (χ3v) is 1.85. The molecule has 1 aromatic rings. The molecule has 0 radical (unpaired) electrons. The first-order valence-corrected chi connectivity index (χ1v) is 4.55. The normalized spacial score (nSPS) is 11.3. The zero-order valence-electron chi connectivity index (χ0n) is 8.67. The van der Waals surface area contributed by atoms with E-state index in [1.165, 1.54) is 24.0 Å². The van der Waals surface area contributed by atoms with Crippen molar-refractivity contribution in [1.82, 2.24) is 9.78 Å². The summed E-state index contributed by atoms with van der Waals surface area (Å²) in [7, 11) is 0. The molecular formula is C10H11N3O3. The van der Waals surface area contributed by atoms with Gasteiger partial charge in [-0.05, 0) is 6.92 Å². The van der Waals surface area contributed by atoms with Crippen molar-refractivity contribution in [3.8, 4) is 11.8 Å². The Hall–Kier alpha value is -2.29. The predicted molar refractivity (Wildman–Crippen MR) is 55.3 cm³/mol. The molecule has 84 valence electrons. The van der Waals surface area contributed by atoms with Crippen molar-refractivity contribution < 1.29 is 14.7 Å². The van der Waals surface area contributed by atoms with Crippen LogP contribution in [0.2, 0.25) is 0 Å². The summed E-state index contributed by atoms with van der Waals surface area (Å²) < 4.78 is 1.29. The number of carboxylic acids is 1. The molecule has 6 nitrogen and oxygen atoms in total. The van der Waals surface area contributed by atoms with Gasteiger partial charge in [0.15, 0.2) is 0 Å². The van der Waals surface area contributed by atoms with Gasteiger partial charge in [-0.1, -0.05) is 11.8 Å². The van der Waals surface area contributed by atoms with E-state index in [0.717, 1.165) is 0 Å². The number of nitrogens with two attached hydrogens (primary N) is 1. The Morgan fingerprint density at radius 1 is 1.69 bits per heavy atom. The van der Waals surface area contributed by atoms with Gasteiger partial charge in [-0.25, -0.2) is 4.79 Å². The molecule has 1 aromatic heterocycles. The summed E-state index contributed by atoms with van der Waals surface area (Å²) >= 11 is 0. The number of primary amides is 1. The van der Waals surface area contributed by atoms with Crippen molar-refractivity contribution in [3.05, 3.63) is 18.0 Å². The lowest BCUT2D eigenvalue weighted by molar-refractivity contribution is -0.140. The second kappa shape index (κ2) is 4.98. The Labute approximate surface area is 92.0 Å². The zero-order chi connectivity index (χ0) is 12.1. The lowest BCUT2D eigenvalue weighted by atomic mass is 10.3. The fourth-order valence-electron chi connectivity index (χ4n) is 0.961. The van der Waals surface area contributed by atoms with Crippen LogP contribution in [0.4, 0.5) is 0 Å². The Morgan fingerprint density at radius 2 is 2.38 bits per heavy atom. The summed E-state index contributed by atoms with van der Waals surface area (Å²) in [4.78, 5) is 21.1. The quantitative estimate of drug-likeness (QED) is 0.688. The molecule has 0 saturated heterocycles. The average Bonchev–Trinajstić information content (AvgIpc) is 2.64. The Balaban J connectivity index is 2.74. The van der Waals surface area contributed by atoms with E-state index in [4.69, 9.17) is 10.8 Å². The van der Waals surface area contributed by atoms with E-state index < -0.39 is 17.9 Å². The van der Waals surface area contributed by atoms with Crippen LogP contribution in [0.15, 0.2) is 12.4 Å². The van der Waals surface area contributed by atoms with Gasteiger partial charge in [0.2, 0.25) is 5.91 Å². The topological polar surface area (TPSA) is 98.2 Å². The number of carbonyl (C=O) groups excluding carboxylic acids is 1. The molecule has 0 aliphatic heterocycles. The van der Waals surface area contributed by atoms with Gasteiger partial charge in [-0.3, -0.25) is 9.48 Å². The standard InChI is InChI=1S/C10H11N3O3/c1-7(10(15)16)13-6-8(5-12-13)3-2-4-9(11)14/h5-7H,4H2,1H3,(H2,11,14)(H,15,16)/t7-/m0/s1. The van der Waals surface area contributed by atoms with Gasteiger partial charge in [0.05, 0.1) is 18.2 Å². The Kier molecular flexibility index (Phi) is 3.67. The number of aromatic nitrogens is 2. The number of hydrogen-bond donors (Lipinski definition) is 2. The van der Waals surface area contributed by atoms with Crippen molar-refractivity contribution in [2.75, 3.05) is 0 Å². The van der Waals surface area contributed by atoms with E-state index in [-0.39, 0.29) is 6.42 Å². The van der Waals surface area contributed by atoms with E-state index in [0.29, 0.717) is 5.56 Å². The third-order valence-electron chi connectivity index (χ3n) is 1.85. The summed E-state index contributed by atoms with van der Waals surface area (Å²) in [6, 6.07) is -0.744. The van der Waals surface area contributed by atoms with E-state index in [1.807, 2.05) is 0 Å². The second-order valence-electron chi connectivity index (χ2n) is 3.17.